The molecule has 0 atom stereocenters. The van der Waals surface area contributed by atoms with E-state index in [4.69, 9.17) is 4.42 Å². The lowest BCUT2D eigenvalue weighted by Crippen LogP contribution is -2.11. The van der Waals surface area contributed by atoms with E-state index in [1.807, 2.05) is 0 Å². The smallest absolute Gasteiger partial charge is 0.134 e. The minimum atomic E-state index is 0.903. The first-order chi connectivity index (χ1) is 29.7. The second-order valence-electron chi connectivity index (χ2n) is 16.0. The highest BCUT2D eigenvalue weighted by atomic mass is 16.3. The lowest BCUT2D eigenvalue weighted by Gasteiger charge is -2.28. The summed E-state index contributed by atoms with van der Waals surface area (Å²) in [7, 11) is 0. The van der Waals surface area contributed by atoms with Crippen LogP contribution in [0.2, 0.25) is 0 Å². The molecule has 10 aromatic carbocycles. The van der Waals surface area contributed by atoms with Crippen molar-refractivity contribution < 1.29 is 4.42 Å². The summed E-state index contributed by atoms with van der Waals surface area (Å²) in [5.74, 6) is 1.10. The first kappa shape index (κ1) is 34.4. The van der Waals surface area contributed by atoms with Crippen LogP contribution in [0.25, 0.3) is 87.8 Å². The fraction of sp³-hybridized carbons (Fsp3) is 0.0345. The van der Waals surface area contributed by atoms with Gasteiger partial charge in [0.2, 0.25) is 0 Å². The topological polar surface area (TPSA) is 16.4 Å². The van der Waals surface area contributed by atoms with Gasteiger partial charge in [-0.15, -0.1) is 0 Å². The maximum absolute atomic E-state index is 6.34. The van der Waals surface area contributed by atoms with Crippen molar-refractivity contribution in [1.82, 2.24) is 0 Å². The van der Waals surface area contributed by atoms with E-state index in [2.05, 4.69) is 217 Å². The van der Waals surface area contributed by atoms with Crippen molar-refractivity contribution in [3.05, 3.63) is 224 Å². The standard InChI is InChI=1S/C58H39NO/c1-2-13-38(14-3-1)40-17-12-18-47(35-40)59(46-29-25-39(26-30-46)54-36-43-16-4-6-19-48(43)51-21-8-9-22-52(51)54)55-37-45(34-42-15-5-7-20-49(42)55)41-27-31-50-44(33-41)28-32-57-58(50)53-23-10-11-24-56(53)60-57/h1-27,29-31,33-37H,28,32H2. The molecule has 0 radical (unpaired) electrons. The molecule has 0 unspecified atom stereocenters. The number of fused-ring (bicyclic) bond motifs is 9. The molecule has 0 saturated carbocycles. The van der Waals surface area contributed by atoms with E-state index in [1.165, 1.54) is 87.8 Å². The third-order valence-corrected chi connectivity index (χ3v) is 12.5. The molecule has 1 heterocycles. The largest absolute Gasteiger partial charge is 0.460 e. The number of para-hydroxylation sites is 1. The Morgan fingerprint density at radius 3 is 1.83 bits per heavy atom. The van der Waals surface area contributed by atoms with Crippen molar-refractivity contribution in [3.63, 3.8) is 0 Å². The first-order valence-corrected chi connectivity index (χ1v) is 20.9. The molecule has 0 spiro atoms. The van der Waals surface area contributed by atoms with E-state index in [0.717, 1.165) is 41.2 Å². The molecule has 0 amide bonds. The molecule has 1 aliphatic carbocycles. The third-order valence-electron chi connectivity index (χ3n) is 12.5. The predicted molar refractivity (Wildman–Crippen MR) is 253 cm³/mol. The minimum Gasteiger partial charge on any atom is -0.460 e. The maximum Gasteiger partial charge on any atom is 0.134 e. The summed E-state index contributed by atoms with van der Waals surface area (Å²) in [6.45, 7) is 0. The highest BCUT2D eigenvalue weighted by Crippen LogP contribution is 2.46. The molecule has 2 nitrogen and oxygen atoms in total. The summed E-state index contributed by atoms with van der Waals surface area (Å²) in [4.78, 5) is 2.45. The average molecular weight is 766 g/mol. The zero-order valence-corrected chi connectivity index (χ0v) is 33.0. The number of rotatable bonds is 6. The van der Waals surface area contributed by atoms with Crippen LogP contribution in [-0.2, 0) is 12.8 Å². The molecule has 0 bridgehead atoms. The lowest BCUT2D eigenvalue weighted by molar-refractivity contribution is 0.546. The Morgan fingerprint density at radius 2 is 1.00 bits per heavy atom. The van der Waals surface area contributed by atoms with E-state index in [9.17, 15) is 0 Å². The van der Waals surface area contributed by atoms with Gasteiger partial charge in [-0.25, -0.2) is 0 Å². The van der Waals surface area contributed by atoms with Crippen LogP contribution in [0, 0.1) is 0 Å². The van der Waals surface area contributed by atoms with Crippen molar-refractivity contribution in [2.24, 2.45) is 0 Å². The molecule has 282 valence electrons. The number of hydrogen-bond acceptors (Lipinski definition) is 2. The van der Waals surface area contributed by atoms with Gasteiger partial charge >= 0.3 is 0 Å². The average Bonchev–Trinajstić information content (AvgIpc) is 3.71. The number of hydrogen-bond donors (Lipinski definition) is 0. The molecule has 0 saturated heterocycles. The molecule has 2 heteroatoms. The van der Waals surface area contributed by atoms with Gasteiger partial charge in [0.15, 0.2) is 0 Å². The molecular weight excluding hydrogens is 727 g/mol. The molecule has 1 aliphatic rings. The highest BCUT2D eigenvalue weighted by molar-refractivity contribution is 6.14. The van der Waals surface area contributed by atoms with Crippen LogP contribution < -0.4 is 4.90 Å². The van der Waals surface area contributed by atoms with Crippen molar-refractivity contribution in [3.8, 4) is 44.5 Å². The fourth-order valence-electron chi connectivity index (χ4n) is 9.65. The Morgan fingerprint density at radius 1 is 0.350 bits per heavy atom. The van der Waals surface area contributed by atoms with Crippen molar-refractivity contribution in [2.75, 3.05) is 4.90 Å². The van der Waals surface area contributed by atoms with Gasteiger partial charge < -0.3 is 9.32 Å². The minimum absolute atomic E-state index is 0.903. The van der Waals surface area contributed by atoms with Gasteiger partial charge in [0.25, 0.3) is 0 Å². The van der Waals surface area contributed by atoms with Crippen molar-refractivity contribution in [2.45, 2.75) is 12.8 Å². The van der Waals surface area contributed by atoms with E-state index in [1.54, 1.807) is 0 Å². The first-order valence-electron chi connectivity index (χ1n) is 20.9. The normalized spacial score (nSPS) is 12.2. The monoisotopic (exact) mass is 765 g/mol. The SMILES string of the molecule is c1ccc(-c2cccc(N(c3ccc(-c4cc5ccccc5c5ccccc45)cc3)c3cc(-c4ccc5c(c4)CCc4oc6ccccc6c4-5)cc4ccccc34)c2)cc1. The summed E-state index contributed by atoms with van der Waals surface area (Å²) in [6.07, 6.45) is 1.85. The Balaban J connectivity index is 1.03. The van der Waals surface area contributed by atoms with E-state index < -0.39 is 0 Å². The molecule has 11 aromatic rings. The van der Waals surface area contributed by atoms with Crippen LogP contribution in [0.4, 0.5) is 17.1 Å². The number of anilines is 3. The van der Waals surface area contributed by atoms with Gasteiger partial charge in [-0.3, -0.25) is 0 Å². The second kappa shape index (κ2) is 14.0. The Labute approximate surface area is 349 Å². The van der Waals surface area contributed by atoms with Gasteiger partial charge in [0, 0.05) is 34.1 Å². The second-order valence-corrected chi connectivity index (χ2v) is 16.0. The zero-order valence-electron chi connectivity index (χ0n) is 33.0. The molecule has 1 aromatic heterocycles. The lowest BCUT2D eigenvalue weighted by atomic mass is 9.86. The quantitative estimate of drug-likeness (QED) is 0.157. The summed E-state index contributed by atoms with van der Waals surface area (Å²) in [5.41, 5.74) is 15.4. The fourth-order valence-corrected chi connectivity index (χ4v) is 9.65. The molecule has 60 heavy (non-hydrogen) atoms. The summed E-state index contributed by atoms with van der Waals surface area (Å²) >= 11 is 0. The van der Waals surface area contributed by atoms with E-state index >= 15 is 0 Å². The van der Waals surface area contributed by atoms with Crippen molar-refractivity contribution in [1.29, 1.82) is 0 Å². The van der Waals surface area contributed by atoms with E-state index in [-0.39, 0.29) is 0 Å². The molecular formula is C58H39NO. The Hall–Kier alpha value is -7.68. The van der Waals surface area contributed by atoms with Crippen LogP contribution in [0.15, 0.2) is 217 Å². The highest BCUT2D eigenvalue weighted by Gasteiger charge is 2.24. The van der Waals surface area contributed by atoms with Gasteiger partial charge in [-0.1, -0.05) is 164 Å². The van der Waals surface area contributed by atoms with Crippen molar-refractivity contribution >= 4 is 60.3 Å². The molecule has 0 N–H and O–H groups in total. The van der Waals surface area contributed by atoms with Crippen LogP contribution in [0.5, 0.6) is 0 Å². The molecule has 12 rings (SSSR count). The number of benzene rings is 10. The maximum atomic E-state index is 6.34. The van der Waals surface area contributed by atoms with Crippen LogP contribution in [0.1, 0.15) is 11.3 Å². The van der Waals surface area contributed by atoms with Gasteiger partial charge in [-0.05, 0) is 126 Å². The molecule has 0 fully saturated rings. The number of furan rings is 1. The van der Waals surface area contributed by atoms with Crippen LogP contribution in [-0.4, -0.2) is 0 Å². The van der Waals surface area contributed by atoms with E-state index in [0.29, 0.717) is 0 Å². The Kier molecular flexibility index (Phi) is 8.02. The van der Waals surface area contributed by atoms with Gasteiger partial charge in [0.05, 0.1) is 5.69 Å². The molecule has 0 aliphatic heterocycles. The summed E-state index contributed by atoms with van der Waals surface area (Å²) < 4.78 is 6.34. The zero-order chi connectivity index (χ0) is 39.6. The summed E-state index contributed by atoms with van der Waals surface area (Å²) in [5, 5.41) is 8.66. The predicted octanol–water partition coefficient (Wildman–Crippen LogP) is 16.1. The number of nitrogens with zero attached hydrogens (tertiary/aromatic N) is 1. The summed E-state index contributed by atoms with van der Waals surface area (Å²) in [6, 6.07) is 77.7. The van der Waals surface area contributed by atoms with Gasteiger partial charge in [0.1, 0.15) is 11.3 Å². The Bertz CT molecular complexity index is 3430. The van der Waals surface area contributed by atoms with Gasteiger partial charge in [-0.2, -0.15) is 0 Å². The number of aryl methyl sites for hydroxylation is 2. The third kappa shape index (κ3) is 5.72. The van der Waals surface area contributed by atoms with Crippen LogP contribution >= 0.6 is 0 Å². The van der Waals surface area contributed by atoms with Crippen LogP contribution in [0.3, 0.4) is 0 Å².